The summed E-state index contributed by atoms with van der Waals surface area (Å²) in [7, 11) is 0. The van der Waals surface area contributed by atoms with Crippen molar-refractivity contribution in [3.8, 4) is 0 Å². The molecule has 0 radical (unpaired) electrons. The summed E-state index contributed by atoms with van der Waals surface area (Å²) >= 11 is 0. The summed E-state index contributed by atoms with van der Waals surface area (Å²) in [5, 5.41) is 9.17. The number of aromatic carboxylic acids is 1. The lowest BCUT2D eigenvalue weighted by Gasteiger charge is -2.34. The number of nitrogens with zero attached hydrogens (tertiary/aromatic N) is 2. The minimum absolute atomic E-state index is 0.0944. The third-order valence-electron chi connectivity index (χ3n) is 4.37. The molecule has 0 unspecified atom stereocenters. The summed E-state index contributed by atoms with van der Waals surface area (Å²) in [5.74, 6) is -0.810. The Balaban J connectivity index is 1.61. The largest absolute Gasteiger partial charge is 0.477 e. The first-order valence-corrected chi connectivity index (χ1v) is 7.47. The number of ether oxygens (including phenoxy) is 1. The monoisotopic (exact) mass is 292 g/mol. The van der Waals surface area contributed by atoms with Crippen LogP contribution in [0.15, 0.2) is 18.3 Å². The minimum atomic E-state index is -0.905. The van der Waals surface area contributed by atoms with Crippen molar-refractivity contribution < 1.29 is 19.4 Å². The molecule has 6 heteroatoms. The lowest BCUT2D eigenvalue weighted by Crippen LogP contribution is -2.44. The normalized spacial score (nSPS) is 23.4. The van der Waals surface area contributed by atoms with E-state index in [-0.39, 0.29) is 18.1 Å². The molecule has 2 aliphatic rings. The van der Waals surface area contributed by atoms with Gasteiger partial charge in [-0.15, -0.1) is 0 Å². The van der Waals surface area contributed by atoms with Crippen LogP contribution in [0.25, 0.3) is 0 Å². The molecular weight excluding hydrogens is 272 g/mol. The maximum absolute atomic E-state index is 12.3. The van der Waals surface area contributed by atoms with E-state index in [0.717, 1.165) is 25.7 Å². The first-order chi connectivity index (χ1) is 10.2. The smallest absolute Gasteiger partial charge is 0.352 e. The first kappa shape index (κ1) is 14.1. The van der Waals surface area contributed by atoms with E-state index in [2.05, 4.69) is 0 Å². The van der Waals surface area contributed by atoms with Crippen LogP contribution in [0.5, 0.6) is 0 Å². The molecular formula is C15H20N2O4. The zero-order valence-corrected chi connectivity index (χ0v) is 11.9. The number of aromatic nitrogens is 1. The molecule has 21 heavy (non-hydrogen) atoms. The molecule has 0 aliphatic carbocycles. The topological polar surface area (TPSA) is 71.8 Å². The highest BCUT2D eigenvalue weighted by atomic mass is 16.5. The van der Waals surface area contributed by atoms with Crippen LogP contribution < -0.4 is 0 Å². The van der Waals surface area contributed by atoms with Crippen LogP contribution in [-0.4, -0.2) is 52.3 Å². The Morgan fingerprint density at radius 2 is 2.00 bits per heavy atom. The van der Waals surface area contributed by atoms with Crippen LogP contribution >= 0.6 is 0 Å². The zero-order chi connectivity index (χ0) is 14.8. The number of carboxylic acid groups (broad SMARTS) is 1. The van der Waals surface area contributed by atoms with E-state index in [1.807, 2.05) is 15.7 Å². The van der Waals surface area contributed by atoms with Crippen molar-refractivity contribution in [3.05, 3.63) is 24.0 Å². The average Bonchev–Trinajstić information content (AvgIpc) is 3.18. The van der Waals surface area contributed by atoms with Gasteiger partial charge in [-0.05, 0) is 37.8 Å². The Bertz CT molecular complexity index is 526. The summed E-state index contributed by atoms with van der Waals surface area (Å²) < 4.78 is 7.26. The summed E-state index contributed by atoms with van der Waals surface area (Å²) in [6, 6.07) is 3.53. The molecule has 0 bridgehead atoms. The minimum Gasteiger partial charge on any atom is -0.477 e. The molecule has 1 amide bonds. The predicted molar refractivity (Wildman–Crippen MR) is 75.2 cm³/mol. The molecule has 2 saturated heterocycles. The number of likely N-dealkylation sites (tertiary alicyclic amines) is 1. The van der Waals surface area contributed by atoms with Crippen molar-refractivity contribution in [1.82, 2.24) is 9.47 Å². The predicted octanol–water partition coefficient (Wildman–Crippen LogP) is 1.53. The molecule has 1 N–H and O–H groups in total. The van der Waals surface area contributed by atoms with E-state index in [0.29, 0.717) is 25.4 Å². The average molecular weight is 292 g/mol. The van der Waals surface area contributed by atoms with Gasteiger partial charge in [0.05, 0.1) is 0 Å². The number of amides is 1. The van der Waals surface area contributed by atoms with Gasteiger partial charge < -0.3 is 19.3 Å². The Morgan fingerprint density at radius 1 is 1.24 bits per heavy atom. The quantitative estimate of drug-likeness (QED) is 0.917. The van der Waals surface area contributed by atoms with Gasteiger partial charge in [0.25, 0.3) is 5.91 Å². The van der Waals surface area contributed by atoms with Gasteiger partial charge in [0, 0.05) is 31.9 Å². The SMILES string of the molecule is O=C(O)c1cccn1C1CCN(C(=O)[C@H]2CCCO2)CC1. The lowest BCUT2D eigenvalue weighted by atomic mass is 10.0. The van der Waals surface area contributed by atoms with Crippen molar-refractivity contribution in [3.63, 3.8) is 0 Å². The van der Waals surface area contributed by atoms with Crippen LogP contribution in [0.3, 0.4) is 0 Å². The molecule has 0 aromatic carbocycles. The molecule has 114 valence electrons. The number of carboxylic acids is 1. The number of carbonyl (C=O) groups excluding carboxylic acids is 1. The molecule has 3 rings (SSSR count). The number of rotatable bonds is 3. The van der Waals surface area contributed by atoms with Gasteiger partial charge in [-0.2, -0.15) is 0 Å². The third-order valence-corrected chi connectivity index (χ3v) is 4.37. The van der Waals surface area contributed by atoms with Crippen LogP contribution in [0.4, 0.5) is 0 Å². The summed E-state index contributed by atoms with van der Waals surface area (Å²) in [6.45, 7) is 2.01. The van der Waals surface area contributed by atoms with E-state index in [4.69, 9.17) is 9.84 Å². The van der Waals surface area contributed by atoms with Gasteiger partial charge in [0.15, 0.2) is 0 Å². The van der Waals surface area contributed by atoms with Crippen molar-refractivity contribution in [2.24, 2.45) is 0 Å². The van der Waals surface area contributed by atoms with Gasteiger partial charge in [-0.3, -0.25) is 4.79 Å². The number of piperidine rings is 1. The van der Waals surface area contributed by atoms with E-state index >= 15 is 0 Å². The fourth-order valence-electron chi connectivity index (χ4n) is 3.23. The summed E-state index contributed by atoms with van der Waals surface area (Å²) in [6.07, 6.45) is 4.90. The maximum atomic E-state index is 12.3. The van der Waals surface area contributed by atoms with E-state index in [1.165, 1.54) is 0 Å². The number of carbonyl (C=O) groups is 2. The Kier molecular flexibility index (Phi) is 3.96. The fraction of sp³-hybridized carbons (Fsp3) is 0.600. The second kappa shape index (κ2) is 5.89. The van der Waals surface area contributed by atoms with Gasteiger partial charge in [0.1, 0.15) is 11.8 Å². The standard InChI is InChI=1S/C15H20N2O4/c18-14(13-4-2-10-21-13)16-8-5-11(6-9-16)17-7-1-3-12(17)15(19)20/h1,3,7,11,13H,2,4-6,8-10H2,(H,19,20)/t13-/m1/s1. The second-order valence-corrected chi connectivity index (χ2v) is 5.66. The maximum Gasteiger partial charge on any atom is 0.352 e. The van der Waals surface area contributed by atoms with E-state index in [1.54, 1.807) is 12.1 Å². The molecule has 1 aromatic heterocycles. The molecule has 6 nitrogen and oxygen atoms in total. The van der Waals surface area contributed by atoms with Gasteiger partial charge in [-0.1, -0.05) is 0 Å². The third kappa shape index (κ3) is 2.81. The molecule has 2 aliphatic heterocycles. The Morgan fingerprint density at radius 3 is 2.62 bits per heavy atom. The van der Waals surface area contributed by atoms with Gasteiger partial charge in [0.2, 0.25) is 0 Å². The highest BCUT2D eigenvalue weighted by molar-refractivity contribution is 5.85. The highest BCUT2D eigenvalue weighted by Crippen LogP contribution is 2.26. The van der Waals surface area contributed by atoms with Crippen LogP contribution in [0.1, 0.15) is 42.2 Å². The van der Waals surface area contributed by atoms with E-state index < -0.39 is 5.97 Å². The Labute approximate surface area is 123 Å². The molecule has 2 fully saturated rings. The highest BCUT2D eigenvalue weighted by Gasteiger charge is 2.31. The van der Waals surface area contributed by atoms with Crippen molar-refractivity contribution in [2.45, 2.75) is 37.8 Å². The molecule has 0 spiro atoms. The van der Waals surface area contributed by atoms with Crippen LogP contribution in [-0.2, 0) is 9.53 Å². The lowest BCUT2D eigenvalue weighted by molar-refractivity contribution is -0.142. The number of hydrogen-bond donors (Lipinski definition) is 1. The van der Waals surface area contributed by atoms with Crippen molar-refractivity contribution in [2.75, 3.05) is 19.7 Å². The first-order valence-electron chi connectivity index (χ1n) is 7.47. The Hall–Kier alpha value is -1.82. The second-order valence-electron chi connectivity index (χ2n) is 5.66. The van der Waals surface area contributed by atoms with E-state index in [9.17, 15) is 9.59 Å². The summed E-state index contributed by atoms with van der Waals surface area (Å²) in [4.78, 5) is 25.3. The van der Waals surface area contributed by atoms with Crippen molar-refractivity contribution in [1.29, 1.82) is 0 Å². The van der Waals surface area contributed by atoms with Crippen LogP contribution in [0, 0.1) is 0 Å². The fourth-order valence-corrected chi connectivity index (χ4v) is 3.23. The number of hydrogen-bond acceptors (Lipinski definition) is 3. The summed E-state index contributed by atoms with van der Waals surface area (Å²) in [5.41, 5.74) is 0.318. The van der Waals surface area contributed by atoms with Gasteiger partial charge in [-0.25, -0.2) is 4.79 Å². The van der Waals surface area contributed by atoms with Crippen LogP contribution in [0.2, 0.25) is 0 Å². The molecule has 1 atom stereocenters. The van der Waals surface area contributed by atoms with Gasteiger partial charge >= 0.3 is 5.97 Å². The molecule has 3 heterocycles. The van der Waals surface area contributed by atoms with Crippen molar-refractivity contribution >= 4 is 11.9 Å². The molecule has 0 saturated carbocycles. The molecule has 1 aromatic rings. The zero-order valence-electron chi connectivity index (χ0n) is 11.9.